The van der Waals surface area contributed by atoms with Crippen molar-refractivity contribution in [2.24, 2.45) is 0 Å². The number of hydrogen-bond donors (Lipinski definition) is 0. The van der Waals surface area contributed by atoms with Crippen LogP contribution in [0.25, 0.3) is 0 Å². The Labute approximate surface area is 219 Å². The summed E-state index contributed by atoms with van der Waals surface area (Å²) in [5, 5.41) is 0. The summed E-state index contributed by atoms with van der Waals surface area (Å²) in [6.07, 6.45) is 0. The van der Waals surface area contributed by atoms with Crippen molar-refractivity contribution < 1.29 is 37.8 Å². The van der Waals surface area contributed by atoms with Crippen LogP contribution in [0.5, 0.6) is 11.5 Å². The first kappa shape index (κ1) is 27.7. The van der Waals surface area contributed by atoms with E-state index in [-0.39, 0.29) is 109 Å². The van der Waals surface area contributed by atoms with Gasteiger partial charge in [0, 0.05) is 0 Å². The van der Waals surface area contributed by atoms with Gasteiger partial charge in [-0.05, 0) is 24.3 Å². The van der Waals surface area contributed by atoms with Crippen molar-refractivity contribution in [1.29, 1.82) is 0 Å². The minimum atomic E-state index is -4.89. The van der Waals surface area contributed by atoms with Crippen molar-refractivity contribution in [2.45, 2.75) is 0 Å². The van der Waals surface area contributed by atoms with E-state index >= 15 is 0 Å². The molecule has 2 aromatic carbocycles. The average Bonchev–Trinajstić information content (AvgIpc) is 2.38. The van der Waals surface area contributed by atoms with Gasteiger partial charge in [0.1, 0.15) is 27.1 Å². The second-order valence-corrected chi connectivity index (χ2v) is 5.86. The molecule has 0 heterocycles. The van der Waals surface area contributed by atoms with Crippen LogP contribution in [0.1, 0.15) is 0 Å². The first-order chi connectivity index (χ1) is 10.2. The van der Waals surface area contributed by atoms with E-state index in [0.29, 0.717) is 0 Å². The molecule has 0 aromatic heterocycles. The molecule has 0 amide bonds. The van der Waals surface area contributed by atoms with Gasteiger partial charge in [-0.3, -0.25) is 0 Å². The molecule has 0 atom stereocenters. The molecule has 0 aliphatic heterocycles. The van der Waals surface area contributed by atoms with Gasteiger partial charge in [-0.25, -0.2) is 0 Å². The smallest absolute Gasteiger partial charge is 0.780 e. The Hall–Kier alpha value is 1.48. The molecule has 0 unspecified atom stereocenters. The molecule has 12 heteroatoms. The van der Waals surface area contributed by atoms with E-state index in [9.17, 15) is 28.7 Å². The first-order valence-corrected chi connectivity index (χ1v) is 8.61. The van der Waals surface area contributed by atoms with E-state index < -0.39 is 15.6 Å². The topological polar surface area (TPSA) is 145 Å². The third-order valence-electron chi connectivity index (χ3n) is 1.92. The van der Waals surface area contributed by atoms with Crippen LogP contribution in [-0.2, 0) is 9.13 Å². The zero-order valence-electron chi connectivity index (χ0n) is 12.3. The van der Waals surface area contributed by atoms with Crippen molar-refractivity contribution >= 4 is 113 Å². The van der Waals surface area contributed by atoms with Gasteiger partial charge < -0.3 is 37.8 Å². The SMILES string of the molecule is O=P([O-])([O-])Oc1ccccc1.O=P([O-])([O-])Oc1ccccc1.[Ba+2].[Ba+2]. The molecule has 0 saturated heterocycles. The van der Waals surface area contributed by atoms with E-state index in [4.69, 9.17) is 0 Å². The van der Waals surface area contributed by atoms with E-state index in [0.717, 1.165) is 0 Å². The molecule has 0 N–H and O–H groups in total. The molecule has 24 heavy (non-hydrogen) atoms. The van der Waals surface area contributed by atoms with Crippen LogP contribution < -0.4 is 28.6 Å². The molecule has 8 nitrogen and oxygen atoms in total. The van der Waals surface area contributed by atoms with Crippen LogP contribution in [-0.4, -0.2) is 97.8 Å². The van der Waals surface area contributed by atoms with Crippen LogP contribution in [0.4, 0.5) is 0 Å². The molecule has 0 aliphatic rings. The van der Waals surface area contributed by atoms with Gasteiger partial charge in [-0.15, -0.1) is 0 Å². The van der Waals surface area contributed by atoms with E-state index in [2.05, 4.69) is 9.05 Å². The molecule has 120 valence electrons. The fraction of sp³-hybridized carbons (Fsp3) is 0. The van der Waals surface area contributed by atoms with Crippen LogP contribution in [0.2, 0.25) is 0 Å². The molecular formula is C12H10Ba2O8P2. The molecule has 0 fully saturated rings. The first-order valence-electron chi connectivity index (χ1n) is 5.69. The Morgan fingerprint density at radius 3 is 1.04 bits per heavy atom. The summed E-state index contributed by atoms with van der Waals surface area (Å²) in [6.45, 7) is 0. The quantitative estimate of drug-likeness (QED) is 0.314. The number of hydrogen-bond acceptors (Lipinski definition) is 8. The largest absolute Gasteiger partial charge is 2.00 e. The number of phosphoric ester groups is 2. The Morgan fingerprint density at radius 2 is 0.833 bits per heavy atom. The summed E-state index contributed by atoms with van der Waals surface area (Å²) in [5.74, 6) is 0.0849. The van der Waals surface area contributed by atoms with Gasteiger partial charge >= 0.3 is 97.8 Å². The molecule has 0 spiro atoms. The van der Waals surface area contributed by atoms with Crippen molar-refractivity contribution in [3.05, 3.63) is 60.7 Å². The normalized spacial score (nSPS) is 10.2. The summed E-state index contributed by atoms with van der Waals surface area (Å²) in [4.78, 5) is 40.2. The number of phosphoric acid groups is 2. The predicted molar refractivity (Wildman–Crippen MR) is 80.9 cm³/mol. The maximum absolute atomic E-state index is 10.1. The van der Waals surface area contributed by atoms with Gasteiger partial charge in [0.15, 0.2) is 0 Å². The van der Waals surface area contributed by atoms with Crippen LogP contribution in [0.3, 0.4) is 0 Å². The second kappa shape index (κ2) is 13.6. The monoisotopic (exact) mass is 620 g/mol. The number of para-hydroxylation sites is 2. The fourth-order valence-electron chi connectivity index (χ4n) is 1.22. The summed E-state index contributed by atoms with van der Waals surface area (Å²) in [7, 11) is -9.78. The van der Waals surface area contributed by atoms with Crippen LogP contribution in [0, 0.1) is 0 Å². The van der Waals surface area contributed by atoms with Gasteiger partial charge in [0.2, 0.25) is 0 Å². The van der Waals surface area contributed by atoms with E-state index in [1.165, 1.54) is 24.3 Å². The average molecular weight is 619 g/mol. The number of rotatable bonds is 4. The maximum atomic E-state index is 10.1. The summed E-state index contributed by atoms with van der Waals surface area (Å²) in [6, 6.07) is 15.2. The summed E-state index contributed by atoms with van der Waals surface area (Å²) >= 11 is 0. The Balaban J connectivity index is 0. The van der Waals surface area contributed by atoms with E-state index in [1.54, 1.807) is 36.4 Å². The van der Waals surface area contributed by atoms with Gasteiger partial charge in [0.05, 0.1) is 0 Å². The molecule has 0 saturated carbocycles. The molecule has 0 bridgehead atoms. The summed E-state index contributed by atoms with van der Waals surface area (Å²) in [5.41, 5.74) is 0. The summed E-state index contributed by atoms with van der Waals surface area (Å²) < 4.78 is 28.2. The molecule has 0 radical (unpaired) electrons. The van der Waals surface area contributed by atoms with E-state index in [1.807, 2.05) is 0 Å². The Morgan fingerprint density at radius 1 is 0.583 bits per heavy atom. The molecule has 0 aliphatic carbocycles. The third kappa shape index (κ3) is 15.7. The third-order valence-corrected chi connectivity index (χ3v) is 2.79. The predicted octanol–water partition coefficient (Wildman–Crippen LogP) is -0.973. The fourth-order valence-corrected chi connectivity index (χ4v) is 1.98. The maximum Gasteiger partial charge on any atom is 2.00 e. The standard InChI is InChI=1S/2C6H7O4P.2Ba/c2*7-11(8,9)10-6-4-2-1-3-5-6;;/h2*1-5H,(H2,7,8,9);;/q;;2*+2/p-4. The van der Waals surface area contributed by atoms with Crippen molar-refractivity contribution in [3.8, 4) is 11.5 Å². The number of benzene rings is 2. The molecule has 2 rings (SSSR count). The van der Waals surface area contributed by atoms with Crippen LogP contribution >= 0.6 is 15.6 Å². The van der Waals surface area contributed by atoms with Gasteiger partial charge in [-0.2, -0.15) is 0 Å². The molecular weight excluding hydrogens is 609 g/mol. The minimum Gasteiger partial charge on any atom is -0.780 e. The second-order valence-electron chi connectivity index (χ2n) is 3.70. The minimum absolute atomic E-state index is 0. The van der Waals surface area contributed by atoms with Crippen molar-refractivity contribution in [2.75, 3.05) is 0 Å². The van der Waals surface area contributed by atoms with Crippen LogP contribution in [0.15, 0.2) is 60.7 Å². The Bertz CT molecular complexity index is 600. The van der Waals surface area contributed by atoms with Gasteiger partial charge in [0.25, 0.3) is 0 Å². The molecule has 2 aromatic rings. The Kier molecular flexibility index (Phi) is 15.7. The zero-order chi connectivity index (χ0) is 16.6. The van der Waals surface area contributed by atoms with Crippen molar-refractivity contribution in [3.63, 3.8) is 0 Å². The van der Waals surface area contributed by atoms with Gasteiger partial charge in [-0.1, -0.05) is 36.4 Å². The van der Waals surface area contributed by atoms with Crippen molar-refractivity contribution in [1.82, 2.24) is 0 Å². The zero-order valence-corrected chi connectivity index (χ0v) is 23.0.